The predicted octanol–water partition coefficient (Wildman–Crippen LogP) is 3.50. The molecule has 0 saturated carbocycles. The van der Waals surface area contributed by atoms with E-state index in [0.29, 0.717) is 22.8 Å². The van der Waals surface area contributed by atoms with Gasteiger partial charge in [0, 0.05) is 29.5 Å². The maximum atomic E-state index is 13.9. The molecule has 1 aliphatic heterocycles. The molecule has 1 aromatic heterocycles. The van der Waals surface area contributed by atoms with Crippen molar-refractivity contribution in [2.75, 3.05) is 13.1 Å². The summed E-state index contributed by atoms with van der Waals surface area (Å²) in [6.07, 6.45) is 5.13. The first-order valence-corrected chi connectivity index (χ1v) is 8.91. The molecule has 0 aliphatic carbocycles. The van der Waals surface area contributed by atoms with Crippen LogP contribution in [0.5, 0.6) is 0 Å². The van der Waals surface area contributed by atoms with Crippen molar-refractivity contribution < 1.29 is 9.18 Å². The Labute approximate surface area is 156 Å². The zero-order valence-corrected chi connectivity index (χ0v) is 15.0. The van der Waals surface area contributed by atoms with Crippen LogP contribution in [0, 0.1) is 11.7 Å². The van der Waals surface area contributed by atoms with Crippen molar-refractivity contribution in [1.29, 1.82) is 0 Å². The molecule has 0 radical (unpaired) electrons. The summed E-state index contributed by atoms with van der Waals surface area (Å²) in [5.74, 6) is -0.307. The van der Waals surface area contributed by atoms with Crippen molar-refractivity contribution in [3.63, 3.8) is 0 Å². The number of rotatable bonds is 5. The standard InChI is InChI=1S/C19H20ClFN4O/c20-16-4-3-5-17(21)15(16)13-25-10-7-14(8-11-25)12-23-24-19(26)18-6-1-2-9-22-18/h1-6,9,12,14H,7-8,10-11,13H2,(H,24,26). The molecule has 0 bridgehead atoms. The maximum absolute atomic E-state index is 13.9. The number of carbonyl (C=O) groups is 1. The third-order valence-corrected chi connectivity index (χ3v) is 4.78. The third-order valence-electron chi connectivity index (χ3n) is 4.42. The number of hydrogen-bond acceptors (Lipinski definition) is 4. The van der Waals surface area contributed by atoms with Crippen LogP contribution in [0.15, 0.2) is 47.7 Å². The molecule has 0 atom stereocenters. The van der Waals surface area contributed by atoms with Crippen molar-refractivity contribution in [2.45, 2.75) is 19.4 Å². The molecule has 2 heterocycles. The van der Waals surface area contributed by atoms with E-state index in [1.165, 1.54) is 6.07 Å². The van der Waals surface area contributed by atoms with Gasteiger partial charge in [-0.2, -0.15) is 5.10 Å². The van der Waals surface area contributed by atoms with Crippen LogP contribution in [0.3, 0.4) is 0 Å². The van der Waals surface area contributed by atoms with Gasteiger partial charge in [-0.1, -0.05) is 23.7 Å². The third kappa shape index (κ3) is 4.86. The van der Waals surface area contributed by atoms with Gasteiger partial charge in [0.2, 0.25) is 0 Å². The molecular weight excluding hydrogens is 355 g/mol. The average molecular weight is 375 g/mol. The van der Waals surface area contributed by atoms with E-state index in [1.807, 2.05) is 0 Å². The smallest absolute Gasteiger partial charge is 0.289 e. The van der Waals surface area contributed by atoms with Gasteiger partial charge >= 0.3 is 0 Å². The van der Waals surface area contributed by atoms with Crippen molar-refractivity contribution in [3.8, 4) is 0 Å². The molecule has 2 aromatic rings. The molecule has 1 N–H and O–H groups in total. The molecule has 1 fully saturated rings. The van der Waals surface area contributed by atoms with Gasteiger partial charge in [0.15, 0.2) is 0 Å². The number of nitrogens with zero attached hydrogens (tertiary/aromatic N) is 3. The molecule has 3 rings (SSSR count). The summed E-state index contributed by atoms with van der Waals surface area (Å²) < 4.78 is 13.9. The lowest BCUT2D eigenvalue weighted by atomic mass is 9.98. The molecule has 26 heavy (non-hydrogen) atoms. The first-order valence-electron chi connectivity index (χ1n) is 8.53. The number of hydrazone groups is 1. The van der Waals surface area contributed by atoms with Crippen molar-refractivity contribution >= 4 is 23.7 Å². The molecule has 7 heteroatoms. The molecule has 136 valence electrons. The summed E-state index contributed by atoms with van der Waals surface area (Å²) in [5, 5.41) is 4.51. The number of pyridine rings is 1. The highest BCUT2D eigenvalue weighted by atomic mass is 35.5. The predicted molar refractivity (Wildman–Crippen MR) is 99.6 cm³/mol. The molecule has 1 aliphatic rings. The van der Waals surface area contributed by atoms with Gasteiger partial charge in [0.25, 0.3) is 5.91 Å². The minimum atomic E-state index is -0.325. The Morgan fingerprint density at radius 3 is 2.81 bits per heavy atom. The Hall–Kier alpha value is -2.31. The molecule has 5 nitrogen and oxygen atoms in total. The van der Waals surface area contributed by atoms with E-state index < -0.39 is 0 Å². The second-order valence-electron chi connectivity index (χ2n) is 6.25. The van der Waals surface area contributed by atoms with Crippen LogP contribution >= 0.6 is 11.6 Å². The first-order chi connectivity index (χ1) is 12.6. The Bertz CT molecular complexity index is 756. The van der Waals surface area contributed by atoms with Gasteiger partial charge in [0.05, 0.1) is 0 Å². The van der Waals surface area contributed by atoms with E-state index in [-0.39, 0.29) is 17.6 Å². The van der Waals surface area contributed by atoms with E-state index in [2.05, 4.69) is 20.4 Å². The van der Waals surface area contributed by atoms with Gasteiger partial charge in [-0.15, -0.1) is 0 Å². The van der Waals surface area contributed by atoms with Gasteiger partial charge < -0.3 is 0 Å². The van der Waals surface area contributed by atoms with E-state index in [9.17, 15) is 9.18 Å². The number of hydrogen-bond donors (Lipinski definition) is 1. The van der Waals surface area contributed by atoms with E-state index in [0.717, 1.165) is 25.9 Å². The van der Waals surface area contributed by atoms with Crippen molar-refractivity contribution in [1.82, 2.24) is 15.3 Å². The lowest BCUT2D eigenvalue weighted by Crippen LogP contribution is -2.34. The van der Waals surface area contributed by atoms with Crippen molar-refractivity contribution in [3.05, 3.63) is 64.7 Å². The number of piperidine rings is 1. The van der Waals surface area contributed by atoms with Crippen LogP contribution in [-0.4, -0.2) is 35.1 Å². The van der Waals surface area contributed by atoms with Crippen LogP contribution < -0.4 is 5.43 Å². The van der Waals surface area contributed by atoms with Crippen LogP contribution in [0.2, 0.25) is 5.02 Å². The highest BCUT2D eigenvalue weighted by molar-refractivity contribution is 6.31. The summed E-state index contributed by atoms with van der Waals surface area (Å²) in [4.78, 5) is 18.0. The number of likely N-dealkylation sites (tertiary alicyclic amines) is 1. The van der Waals surface area contributed by atoms with E-state index in [4.69, 9.17) is 11.6 Å². The Kier molecular flexibility index (Phi) is 6.30. The quantitative estimate of drug-likeness (QED) is 0.643. The SMILES string of the molecule is O=C(NN=CC1CCN(Cc2c(F)cccc2Cl)CC1)c1ccccn1. The zero-order valence-electron chi connectivity index (χ0n) is 14.2. The zero-order chi connectivity index (χ0) is 18.4. The highest BCUT2D eigenvalue weighted by Gasteiger charge is 2.20. The minimum absolute atomic E-state index is 0.265. The van der Waals surface area contributed by atoms with Gasteiger partial charge in [-0.25, -0.2) is 9.82 Å². The van der Waals surface area contributed by atoms with E-state index in [1.54, 1.807) is 42.7 Å². The second kappa shape index (κ2) is 8.87. The number of carbonyl (C=O) groups excluding carboxylic acids is 1. The number of halogens is 2. The number of aromatic nitrogens is 1. The molecule has 1 saturated heterocycles. The highest BCUT2D eigenvalue weighted by Crippen LogP contribution is 2.23. The topological polar surface area (TPSA) is 57.6 Å². The lowest BCUT2D eigenvalue weighted by Gasteiger charge is -2.30. The van der Waals surface area contributed by atoms with Crippen LogP contribution in [-0.2, 0) is 6.54 Å². The summed E-state index contributed by atoms with van der Waals surface area (Å²) in [7, 11) is 0. The monoisotopic (exact) mass is 374 g/mol. The van der Waals surface area contributed by atoms with Gasteiger partial charge in [-0.05, 0) is 56.1 Å². The van der Waals surface area contributed by atoms with Crippen LogP contribution in [0.1, 0.15) is 28.9 Å². The Morgan fingerprint density at radius 2 is 2.12 bits per heavy atom. The van der Waals surface area contributed by atoms with Gasteiger partial charge in [0.1, 0.15) is 11.5 Å². The Morgan fingerprint density at radius 1 is 1.31 bits per heavy atom. The van der Waals surface area contributed by atoms with E-state index >= 15 is 0 Å². The maximum Gasteiger partial charge on any atom is 0.289 e. The number of nitrogens with one attached hydrogen (secondary N) is 1. The summed E-state index contributed by atoms with van der Waals surface area (Å²) >= 11 is 6.09. The van der Waals surface area contributed by atoms with Gasteiger partial charge in [-0.3, -0.25) is 14.7 Å². The van der Waals surface area contributed by atoms with Crippen molar-refractivity contribution in [2.24, 2.45) is 11.0 Å². The molecule has 1 aromatic carbocycles. The fourth-order valence-corrected chi connectivity index (χ4v) is 3.15. The summed E-state index contributed by atoms with van der Waals surface area (Å²) in [5.41, 5.74) is 3.38. The second-order valence-corrected chi connectivity index (χ2v) is 6.66. The fraction of sp³-hybridized carbons (Fsp3) is 0.316. The normalized spacial score (nSPS) is 16.1. The summed E-state index contributed by atoms with van der Waals surface area (Å²) in [6, 6.07) is 9.90. The molecule has 0 unspecified atom stereocenters. The minimum Gasteiger partial charge on any atom is -0.299 e. The molecule has 0 spiro atoms. The lowest BCUT2D eigenvalue weighted by molar-refractivity contribution is 0.0949. The number of amides is 1. The Balaban J connectivity index is 1.46. The molecule has 1 amide bonds. The van der Waals surface area contributed by atoms with Crippen LogP contribution in [0.25, 0.3) is 0 Å². The summed E-state index contributed by atoms with van der Waals surface area (Å²) in [6.45, 7) is 2.16. The average Bonchev–Trinajstić information content (AvgIpc) is 2.67. The fourth-order valence-electron chi connectivity index (χ4n) is 2.92. The largest absolute Gasteiger partial charge is 0.299 e. The molecular formula is C19H20ClFN4O. The first kappa shape index (κ1) is 18.5. The number of benzene rings is 1. The van der Waals surface area contributed by atoms with Crippen LogP contribution in [0.4, 0.5) is 4.39 Å².